The highest BCUT2D eigenvalue weighted by molar-refractivity contribution is 9.10. The van der Waals surface area contributed by atoms with Gasteiger partial charge in [0.25, 0.3) is 0 Å². The quantitative estimate of drug-likeness (QED) is 0.696. The molecule has 0 atom stereocenters. The summed E-state index contributed by atoms with van der Waals surface area (Å²) < 4.78 is 0.913. The van der Waals surface area contributed by atoms with Crippen LogP contribution in [0.15, 0.2) is 22.7 Å². The van der Waals surface area contributed by atoms with E-state index < -0.39 is 0 Å². The van der Waals surface area contributed by atoms with Gasteiger partial charge in [0.15, 0.2) is 0 Å². The summed E-state index contributed by atoms with van der Waals surface area (Å²) in [5, 5.41) is 5.24. The van der Waals surface area contributed by atoms with Crippen molar-refractivity contribution in [2.75, 3.05) is 6.54 Å². The average molecular weight is 374 g/mol. The highest BCUT2D eigenvalue weighted by atomic mass is 79.9. The maximum atomic E-state index is 6.04. The zero-order chi connectivity index (χ0) is 14.5. The summed E-state index contributed by atoms with van der Waals surface area (Å²) in [7, 11) is 0. The van der Waals surface area contributed by atoms with E-state index in [1.54, 1.807) is 11.3 Å². The van der Waals surface area contributed by atoms with Gasteiger partial charge in [-0.3, -0.25) is 0 Å². The molecule has 2 nitrogen and oxygen atoms in total. The number of aryl methyl sites for hydroxylation is 1. The minimum absolute atomic E-state index is 0.728. The van der Waals surface area contributed by atoms with E-state index in [2.05, 4.69) is 35.1 Å². The van der Waals surface area contributed by atoms with E-state index in [0.717, 1.165) is 46.0 Å². The van der Waals surface area contributed by atoms with Crippen molar-refractivity contribution in [3.8, 4) is 10.6 Å². The number of nitrogens with zero attached hydrogens (tertiary/aromatic N) is 1. The van der Waals surface area contributed by atoms with Crippen molar-refractivity contribution < 1.29 is 0 Å². The fraction of sp³-hybridized carbons (Fsp3) is 0.400. The first-order chi connectivity index (χ1) is 9.65. The molecule has 0 saturated heterocycles. The normalized spacial score (nSPS) is 11.0. The van der Waals surface area contributed by atoms with E-state index in [1.165, 1.54) is 10.6 Å². The zero-order valence-electron chi connectivity index (χ0n) is 11.7. The molecular weight excluding hydrogens is 356 g/mol. The van der Waals surface area contributed by atoms with E-state index >= 15 is 0 Å². The molecule has 1 aromatic carbocycles. The predicted molar refractivity (Wildman–Crippen MR) is 91.6 cm³/mol. The van der Waals surface area contributed by atoms with Crippen LogP contribution in [0.2, 0.25) is 5.02 Å². The topological polar surface area (TPSA) is 24.9 Å². The van der Waals surface area contributed by atoms with E-state index in [-0.39, 0.29) is 0 Å². The zero-order valence-corrected chi connectivity index (χ0v) is 14.8. The molecule has 2 aromatic rings. The molecule has 5 heteroatoms. The average Bonchev–Trinajstić information content (AvgIpc) is 2.85. The molecule has 0 radical (unpaired) electrons. The Labute approximate surface area is 137 Å². The summed E-state index contributed by atoms with van der Waals surface area (Å²) >= 11 is 11.3. The highest BCUT2D eigenvalue weighted by Gasteiger charge is 2.12. The molecule has 0 saturated carbocycles. The van der Waals surface area contributed by atoms with Gasteiger partial charge < -0.3 is 5.32 Å². The van der Waals surface area contributed by atoms with Crippen LogP contribution in [0.3, 0.4) is 0 Å². The molecule has 1 heterocycles. The lowest BCUT2D eigenvalue weighted by Crippen LogP contribution is -2.13. The predicted octanol–water partition coefficient (Wildman–Crippen LogP) is 5.29. The Balaban J connectivity index is 2.25. The van der Waals surface area contributed by atoms with E-state index in [4.69, 9.17) is 16.6 Å². The lowest BCUT2D eigenvalue weighted by molar-refractivity contribution is 0.677. The third-order valence-electron chi connectivity index (χ3n) is 2.99. The molecule has 1 N–H and O–H groups in total. The van der Waals surface area contributed by atoms with Crippen molar-refractivity contribution >= 4 is 38.9 Å². The summed E-state index contributed by atoms with van der Waals surface area (Å²) in [5.41, 5.74) is 2.31. The molecule has 108 valence electrons. The van der Waals surface area contributed by atoms with Crippen LogP contribution >= 0.6 is 38.9 Å². The second kappa shape index (κ2) is 7.55. The summed E-state index contributed by atoms with van der Waals surface area (Å²) in [6.45, 7) is 6.28. The van der Waals surface area contributed by atoms with Gasteiger partial charge in [0.1, 0.15) is 5.01 Å². The standard InChI is InChI=1S/C15H18BrClN2S/c1-3-7-18-9-14-13(4-2)19-15(20-14)10-5-6-12(17)11(16)8-10/h5-6,8,18H,3-4,7,9H2,1-2H3. The van der Waals surface area contributed by atoms with Crippen LogP contribution in [0.4, 0.5) is 0 Å². The fourth-order valence-electron chi connectivity index (χ4n) is 1.93. The minimum atomic E-state index is 0.728. The first-order valence-corrected chi connectivity index (χ1v) is 8.79. The van der Waals surface area contributed by atoms with Gasteiger partial charge in [0, 0.05) is 21.5 Å². The second-order valence-electron chi connectivity index (χ2n) is 4.55. The molecule has 0 aliphatic carbocycles. The Bertz CT molecular complexity index is 583. The molecule has 2 rings (SSSR count). The SMILES string of the molecule is CCCNCc1sc(-c2ccc(Cl)c(Br)c2)nc1CC. The number of rotatable bonds is 6. The van der Waals surface area contributed by atoms with Crippen LogP contribution < -0.4 is 5.32 Å². The highest BCUT2D eigenvalue weighted by Crippen LogP contribution is 2.32. The number of benzene rings is 1. The van der Waals surface area contributed by atoms with Crippen LogP contribution in [0.5, 0.6) is 0 Å². The maximum Gasteiger partial charge on any atom is 0.123 e. The van der Waals surface area contributed by atoms with Gasteiger partial charge in [0.2, 0.25) is 0 Å². The summed E-state index contributed by atoms with van der Waals surface area (Å²) in [6.07, 6.45) is 2.12. The Morgan fingerprint density at radius 3 is 2.80 bits per heavy atom. The van der Waals surface area contributed by atoms with Crippen LogP contribution in [0.25, 0.3) is 10.6 Å². The number of aromatic nitrogens is 1. The number of halogens is 2. The first kappa shape index (κ1) is 16.0. The Hall–Kier alpha value is -0.420. The van der Waals surface area contributed by atoms with Crippen LogP contribution in [-0.2, 0) is 13.0 Å². The van der Waals surface area contributed by atoms with Gasteiger partial charge in [-0.1, -0.05) is 31.5 Å². The van der Waals surface area contributed by atoms with Gasteiger partial charge in [0.05, 0.1) is 10.7 Å². The second-order valence-corrected chi connectivity index (χ2v) is 6.89. The number of hydrogen-bond donors (Lipinski definition) is 1. The lowest BCUT2D eigenvalue weighted by Gasteiger charge is -2.01. The molecule has 0 aliphatic heterocycles. The molecular formula is C15H18BrClN2S. The third kappa shape index (κ3) is 3.82. The third-order valence-corrected chi connectivity index (χ3v) is 5.35. The van der Waals surface area contributed by atoms with Crippen molar-refractivity contribution in [1.29, 1.82) is 0 Å². The maximum absolute atomic E-state index is 6.04. The van der Waals surface area contributed by atoms with E-state index in [0.29, 0.717) is 0 Å². The smallest absolute Gasteiger partial charge is 0.123 e. The molecule has 0 unspecified atom stereocenters. The van der Waals surface area contributed by atoms with Crippen molar-refractivity contribution in [2.24, 2.45) is 0 Å². The van der Waals surface area contributed by atoms with Crippen molar-refractivity contribution in [3.63, 3.8) is 0 Å². The van der Waals surface area contributed by atoms with Crippen molar-refractivity contribution in [2.45, 2.75) is 33.2 Å². The van der Waals surface area contributed by atoms with Gasteiger partial charge >= 0.3 is 0 Å². The van der Waals surface area contributed by atoms with Gasteiger partial charge in [-0.25, -0.2) is 4.98 Å². The van der Waals surface area contributed by atoms with E-state index in [1.807, 2.05) is 18.2 Å². The van der Waals surface area contributed by atoms with Crippen LogP contribution in [0.1, 0.15) is 30.8 Å². The Morgan fingerprint density at radius 2 is 2.15 bits per heavy atom. The van der Waals surface area contributed by atoms with Gasteiger partial charge in [-0.15, -0.1) is 11.3 Å². The summed E-state index contributed by atoms with van der Waals surface area (Å²) in [5.74, 6) is 0. The molecule has 0 bridgehead atoms. The Morgan fingerprint density at radius 1 is 1.35 bits per heavy atom. The first-order valence-electron chi connectivity index (χ1n) is 6.80. The minimum Gasteiger partial charge on any atom is -0.312 e. The summed E-state index contributed by atoms with van der Waals surface area (Å²) in [6, 6.07) is 5.96. The van der Waals surface area contributed by atoms with Gasteiger partial charge in [-0.2, -0.15) is 0 Å². The van der Waals surface area contributed by atoms with Gasteiger partial charge in [-0.05, 0) is 47.4 Å². The molecule has 0 fully saturated rings. The number of hydrogen-bond acceptors (Lipinski definition) is 3. The van der Waals surface area contributed by atoms with Crippen molar-refractivity contribution in [1.82, 2.24) is 10.3 Å². The van der Waals surface area contributed by atoms with Crippen LogP contribution in [-0.4, -0.2) is 11.5 Å². The fourth-order valence-corrected chi connectivity index (χ4v) is 3.54. The molecule has 1 aromatic heterocycles. The molecule has 20 heavy (non-hydrogen) atoms. The molecule has 0 aliphatic rings. The monoisotopic (exact) mass is 372 g/mol. The molecule has 0 amide bonds. The Kier molecular flexibility index (Phi) is 6.02. The lowest BCUT2D eigenvalue weighted by atomic mass is 10.2. The summed E-state index contributed by atoms with van der Waals surface area (Å²) in [4.78, 5) is 6.10. The number of thiazole rings is 1. The van der Waals surface area contributed by atoms with Crippen molar-refractivity contribution in [3.05, 3.63) is 38.3 Å². The largest absolute Gasteiger partial charge is 0.312 e. The molecule has 0 spiro atoms. The van der Waals surface area contributed by atoms with Crippen LogP contribution in [0, 0.1) is 0 Å². The van der Waals surface area contributed by atoms with E-state index in [9.17, 15) is 0 Å². The number of nitrogens with one attached hydrogen (secondary N) is 1.